The molecule has 0 aromatic heterocycles. The van der Waals surface area contributed by atoms with E-state index in [9.17, 15) is 0 Å². The summed E-state index contributed by atoms with van der Waals surface area (Å²) in [6.07, 6.45) is 1.22. The van der Waals surface area contributed by atoms with Crippen LogP contribution in [0.4, 0.5) is 0 Å². The molecule has 21 heavy (non-hydrogen) atoms. The number of aryl methyl sites for hydroxylation is 1. The summed E-state index contributed by atoms with van der Waals surface area (Å²) >= 11 is 6.30. The molecule has 120 valence electrons. The van der Waals surface area contributed by atoms with E-state index in [1.54, 1.807) is 0 Å². The first kappa shape index (κ1) is 18.3. The first-order valence-corrected chi connectivity index (χ1v) is 8.25. The van der Waals surface area contributed by atoms with E-state index in [1.807, 2.05) is 13.0 Å². The third kappa shape index (κ3) is 5.52. The van der Waals surface area contributed by atoms with Crippen LogP contribution in [0.15, 0.2) is 12.1 Å². The van der Waals surface area contributed by atoms with Crippen molar-refractivity contribution >= 4 is 11.6 Å². The largest absolute Gasteiger partial charge is 0.489 e. The van der Waals surface area contributed by atoms with Gasteiger partial charge in [0.2, 0.25) is 0 Å². The number of hydrogen-bond donors (Lipinski definition) is 1. The number of nitrogens with one attached hydrogen (secondary N) is 1. The average molecular weight is 312 g/mol. The zero-order valence-electron chi connectivity index (χ0n) is 14.5. The fraction of sp³-hybridized carbons (Fsp3) is 0.667. The second-order valence-corrected chi connectivity index (χ2v) is 7.25. The molecule has 0 saturated heterocycles. The fourth-order valence-electron chi connectivity index (χ4n) is 2.04. The Morgan fingerprint density at radius 3 is 2.38 bits per heavy atom. The van der Waals surface area contributed by atoms with Crippen LogP contribution in [-0.4, -0.2) is 18.2 Å². The van der Waals surface area contributed by atoms with Crippen molar-refractivity contribution < 1.29 is 4.74 Å². The van der Waals surface area contributed by atoms with Gasteiger partial charge in [-0.05, 0) is 63.3 Å². The summed E-state index contributed by atoms with van der Waals surface area (Å²) in [6.45, 7) is 15.9. The zero-order chi connectivity index (χ0) is 16.2. The summed E-state index contributed by atoms with van der Waals surface area (Å²) in [5, 5.41) is 4.37. The lowest BCUT2D eigenvalue weighted by molar-refractivity contribution is 0.197. The smallest absolute Gasteiger partial charge is 0.123 e. The summed E-state index contributed by atoms with van der Waals surface area (Å²) in [5.74, 6) is 1.33. The van der Waals surface area contributed by atoms with Crippen LogP contribution in [0.5, 0.6) is 5.75 Å². The van der Waals surface area contributed by atoms with Crippen molar-refractivity contribution in [1.29, 1.82) is 0 Å². The SMILES string of the molecule is CCC(C)(C)NCC(C)Oc1cc(C(C)C)c(Cl)cc1C. The molecule has 1 aromatic carbocycles. The molecule has 0 saturated carbocycles. The van der Waals surface area contributed by atoms with E-state index < -0.39 is 0 Å². The van der Waals surface area contributed by atoms with Crippen LogP contribution in [0.1, 0.15) is 65.0 Å². The maximum Gasteiger partial charge on any atom is 0.123 e. The summed E-state index contributed by atoms with van der Waals surface area (Å²) in [5.41, 5.74) is 2.38. The minimum Gasteiger partial charge on any atom is -0.489 e. The molecule has 0 fully saturated rings. The van der Waals surface area contributed by atoms with Gasteiger partial charge in [0.1, 0.15) is 11.9 Å². The summed E-state index contributed by atoms with van der Waals surface area (Å²) < 4.78 is 6.11. The Kier molecular flexibility index (Phi) is 6.55. The average Bonchev–Trinajstić information content (AvgIpc) is 2.39. The molecule has 0 aliphatic heterocycles. The number of halogens is 1. The molecule has 1 atom stereocenters. The molecule has 2 nitrogen and oxygen atoms in total. The lowest BCUT2D eigenvalue weighted by atomic mass is 10.0. The van der Waals surface area contributed by atoms with E-state index in [-0.39, 0.29) is 11.6 Å². The highest BCUT2D eigenvalue weighted by Crippen LogP contribution is 2.31. The highest BCUT2D eigenvalue weighted by atomic mass is 35.5. The molecule has 0 bridgehead atoms. The summed E-state index contributed by atoms with van der Waals surface area (Å²) in [7, 11) is 0. The Bertz CT molecular complexity index is 469. The molecule has 1 unspecified atom stereocenters. The van der Waals surface area contributed by atoms with Crippen molar-refractivity contribution in [3.63, 3.8) is 0 Å². The van der Waals surface area contributed by atoms with Gasteiger partial charge in [0.05, 0.1) is 0 Å². The summed E-state index contributed by atoms with van der Waals surface area (Å²) in [4.78, 5) is 0. The van der Waals surface area contributed by atoms with Crippen molar-refractivity contribution in [2.75, 3.05) is 6.54 Å². The second-order valence-electron chi connectivity index (χ2n) is 6.84. The van der Waals surface area contributed by atoms with Gasteiger partial charge < -0.3 is 10.1 Å². The predicted molar refractivity (Wildman–Crippen MR) is 92.7 cm³/mol. The Morgan fingerprint density at radius 1 is 1.24 bits per heavy atom. The molecular formula is C18H30ClNO. The molecule has 1 aromatic rings. The molecule has 1 N–H and O–H groups in total. The molecule has 0 spiro atoms. The molecule has 3 heteroatoms. The van der Waals surface area contributed by atoms with E-state index in [0.717, 1.165) is 34.9 Å². The molecule has 0 aliphatic carbocycles. The van der Waals surface area contributed by atoms with Gasteiger partial charge in [-0.25, -0.2) is 0 Å². The van der Waals surface area contributed by atoms with Crippen LogP contribution >= 0.6 is 11.6 Å². The Hall–Kier alpha value is -0.730. The van der Waals surface area contributed by atoms with Gasteiger partial charge in [0.15, 0.2) is 0 Å². The van der Waals surface area contributed by atoms with E-state index in [0.29, 0.717) is 5.92 Å². The number of hydrogen-bond acceptors (Lipinski definition) is 2. The van der Waals surface area contributed by atoms with Gasteiger partial charge in [0.25, 0.3) is 0 Å². The third-order valence-electron chi connectivity index (χ3n) is 4.00. The second kappa shape index (κ2) is 7.51. The monoisotopic (exact) mass is 311 g/mol. The molecular weight excluding hydrogens is 282 g/mol. The van der Waals surface area contributed by atoms with Gasteiger partial charge in [-0.2, -0.15) is 0 Å². The molecule has 0 amide bonds. The van der Waals surface area contributed by atoms with Crippen LogP contribution in [0, 0.1) is 6.92 Å². The molecule has 0 radical (unpaired) electrons. The van der Waals surface area contributed by atoms with Gasteiger partial charge in [-0.1, -0.05) is 32.4 Å². The minimum atomic E-state index is 0.121. The van der Waals surface area contributed by atoms with Crippen LogP contribution in [0.2, 0.25) is 5.02 Å². The lowest BCUT2D eigenvalue weighted by Crippen LogP contribution is -2.43. The van der Waals surface area contributed by atoms with Crippen molar-refractivity contribution in [1.82, 2.24) is 5.32 Å². The minimum absolute atomic E-state index is 0.121. The topological polar surface area (TPSA) is 21.3 Å². The number of benzene rings is 1. The Morgan fingerprint density at radius 2 is 1.86 bits per heavy atom. The van der Waals surface area contributed by atoms with E-state index >= 15 is 0 Å². The van der Waals surface area contributed by atoms with Gasteiger partial charge >= 0.3 is 0 Å². The van der Waals surface area contributed by atoms with Crippen LogP contribution < -0.4 is 10.1 Å². The van der Waals surface area contributed by atoms with Crippen molar-refractivity contribution in [2.24, 2.45) is 0 Å². The fourth-order valence-corrected chi connectivity index (χ4v) is 2.48. The quantitative estimate of drug-likeness (QED) is 0.736. The van der Waals surface area contributed by atoms with Crippen LogP contribution in [0.25, 0.3) is 0 Å². The summed E-state index contributed by atoms with van der Waals surface area (Å²) in [6, 6.07) is 4.09. The normalized spacial score (nSPS) is 13.6. The van der Waals surface area contributed by atoms with Gasteiger partial charge in [-0.3, -0.25) is 0 Å². The van der Waals surface area contributed by atoms with E-state index in [4.69, 9.17) is 16.3 Å². The van der Waals surface area contributed by atoms with Crippen molar-refractivity contribution in [3.05, 3.63) is 28.3 Å². The Balaban J connectivity index is 2.76. The molecule has 0 aliphatic rings. The maximum absolute atomic E-state index is 6.30. The molecule has 1 rings (SSSR count). The standard InChI is InChI=1S/C18H30ClNO/c1-8-18(6,7)20-11-14(5)21-17-10-15(12(2)3)16(19)9-13(17)4/h9-10,12,14,20H,8,11H2,1-7H3. The number of rotatable bonds is 7. The van der Waals surface area contributed by atoms with Gasteiger partial charge in [-0.15, -0.1) is 0 Å². The predicted octanol–water partition coefficient (Wildman–Crippen LogP) is 5.32. The lowest BCUT2D eigenvalue weighted by Gasteiger charge is -2.27. The third-order valence-corrected chi connectivity index (χ3v) is 4.32. The van der Waals surface area contributed by atoms with Crippen molar-refractivity contribution in [3.8, 4) is 5.75 Å². The Labute approximate surface area is 135 Å². The van der Waals surface area contributed by atoms with Crippen molar-refractivity contribution in [2.45, 2.75) is 72.4 Å². The first-order chi connectivity index (χ1) is 9.66. The molecule has 0 heterocycles. The highest BCUT2D eigenvalue weighted by Gasteiger charge is 2.17. The first-order valence-electron chi connectivity index (χ1n) is 7.88. The van der Waals surface area contributed by atoms with E-state index in [2.05, 4.69) is 52.9 Å². The maximum atomic E-state index is 6.30. The number of ether oxygens (including phenoxy) is 1. The van der Waals surface area contributed by atoms with E-state index in [1.165, 1.54) is 0 Å². The van der Waals surface area contributed by atoms with Crippen LogP contribution in [0.3, 0.4) is 0 Å². The zero-order valence-corrected chi connectivity index (χ0v) is 15.3. The highest BCUT2D eigenvalue weighted by molar-refractivity contribution is 6.31. The van der Waals surface area contributed by atoms with Gasteiger partial charge in [0, 0.05) is 17.1 Å². The van der Waals surface area contributed by atoms with Crippen LogP contribution in [-0.2, 0) is 0 Å².